The van der Waals surface area contributed by atoms with Crippen molar-refractivity contribution in [1.29, 1.82) is 0 Å². The minimum Gasteiger partial charge on any atom is -0.497 e. The van der Waals surface area contributed by atoms with E-state index in [-0.39, 0.29) is 18.1 Å². The highest BCUT2D eigenvalue weighted by atomic mass is 16.5. The third-order valence-electron chi connectivity index (χ3n) is 5.88. The fourth-order valence-electron chi connectivity index (χ4n) is 4.71. The average Bonchev–Trinajstić information content (AvgIpc) is 3.43. The zero-order valence-corrected chi connectivity index (χ0v) is 14.9. The van der Waals surface area contributed by atoms with E-state index in [9.17, 15) is 9.59 Å². The van der Waals surface area contributed by atoms with Crippen molar-refractivity contribution in [2.24, 2.45) is 5.10 Å². The third-order valence-corrected chi connectivity index (χ3v) is 5.88. The SMILES string of the molecule is COc1ccc(/C=N\n2c(=O)n3n(c2=O)[C@H]2O[C@H]4c5ccccc5[C@H]2[C@H]43)cc1. The molecule has 4 atom stereocenters. The van der Waals surface area contributed by atoms with Gasteiger partial charge < -0.3 is 9.47 Å². The summed E-state index contributed by atoms with van der Waals surface area (Å²) in [4.78, 5) is 25.9. The van der Waals surface area contributed by atoms with Crippen LogP contribution < -0.4 is 16.1 Å². The van der Waals surface area contributed by atoms with Crippen molar-refractivity contribution >= 4 is 6.21 Å². The Morgan fingerprint density at radius 2 is 1.71 bits per heavy atom. The highest BCUT2D eigenvalue weighted by Gasteiger charge is 2.61. The molecule has 3 heterocycles. The fourth-order valence-corrected chi connectivity index (χ4v) is 4.71. The van der Waals surface area contributed by atoms with Crippen molar-refractivity contribution in [2.45, 2.75) is 24.3 Å². The Kier molecular flexibility index (Phi) is 2.98. The van der Waals surface area contributed by atoms with Gasteiger partial charge in [-0.05, 0) is 41.0 Å². The Morgan fingerprint density at radius 3 is 2.46 bits per heavy atom. The molecule has 1 fully saturated rings. The largest absolute Gasteiger partial charge is 0.497 e. The molecule has 8 heteroatoms. The predicted octanol–water partition coefficient (Wildman–Crippen LogP) is 1.62. The Morgan fingerprint density at radius 1 is 1.00 bits per heavy atom. The van der Waals surface area contributed by atoms with Crippen LogP contribution in [-0.2, 0) is 4.74 Å². The van der Waals surface area contributed by atoms with Crippen molar-refractivity contribution in [3.8, 4) is 5.75 Å². The number of fused-ring (bicyclic) bond motifs is 4. The van der Waals surface area contributed by atoms with Crippen LogP contribution in [0.3, 0.4) is 0 Å². The van der Waals surface area contributed by atoms with E-state index in [1.807, 2.05) is 18.2 Å². The van der Waals surface area contributed by atoms with E-state index >= 15 is 0 Å². The molecule has 8 nitrogen and oxygen atoms in total. The first kappa shape index (κ1) is 15.6. The molecular formula is C20H16N4O4. The van der Waals surface area contributed by atoms with Crippen LogP contribution in [0, 0.1) is 0 Å². The second-order valence-electron chi connectivity index (χ2n) is 7.18. The van der Waals surface area contributed by atoms with Gasteiger partial charge in [-0.1, -0.05) is 24.3 Å². The van der Waals surface area contributed by atoms with Crippen molar-refractivity contribution in [1.82, 2.24) is 14.0 Å². The van der Waals surface area contributed by atoms with Gasteiger partial charge in [0.15, 0.2) is 6.23 Å². The molecule has 28 heavy (non-hydrogen) atoms. The number of rotatable bonds is 3. The van der Waals surface area contributed by atoms with E-state index < -0.39 is 17.6 Å². The minimum absolute atomic E-state index is 0.00168. The molecule has 0 N–H and O–H groups in total. The lowest BCUT2D eigenvalue weighted by atomic mass is 9.98. The maximum Gasteiger partial charge on any atom is 0.370 e. The van der Waals surface area contributed by atoms with E-state index in [1.54, 1.807) is 31.4 Å². The van der Waals surface area contributed by atoms with Crippen molar-refractivity contribution < 1.29 is 9.47 Å². The summed E-state index contributed by atoms with van der Waals surface area (Å²) in [6.45, 7) is 0. The van der Waals surface area contributed by atoms with E-state index in [0.717, 1.165) is 27.1 Å². The summed E-state index contributed by atoms with van der Waals surface area (Å²) in [5.74, 6) is 0.725. The maximum atomic E-state index is 13.0. The number of methoxy groups -OCH3 is 1. The number of hydrogen-bond donors (Lipinski definition) is 0. The molecule has 140 valence electrons. The van der Waals surface area contributed by atoms with Gasteiger partial charge in [0.25, 0.3) is 0 Å². The van der Waals surface area contributed by atoms with Crippen LogP contribution in [0.2, 0.25) is 0 Å². The normalized spacial score (nSPS) is 26.0. The average molecular weight is 376 g/mol. The van der Waals surface area contributed by atoms with Gasteiger partial charge in [0.05, 0.1) is 25.3 Å². The van der Waals surface area contributed by atoms with Crippen LogP contribution in [0.5, 0.6) is 5.75 Å². The number of benzene rings is 2. The molecule has 0 radical (unpaired) electrons. The molecule has 1 aromatic heterocycles. The molecule has 6 rings (SSSR count). The van der Waals surface area contributed by atoms with Crippen LogP contribution in [-0.4, -0.2) is 27.4 Å². The molecular weight excluding hydrogens is 360 g/mol. The van der Waals surface area contributed by atoms with Crippen LogP contribution in [0.15, 0.2) is 63.2 Å². The monoisotopic (exact) mass is 376 g/mol. The van der Waals surface area contributed by atoms with Gasteiger partial charge in [-0.2, -0.15) is 9.78 Å². The van der Waals surface area contributed by atoms with E-state index in [0.29, 0.717) is 0 Å². The smallest absolute Gasteiger partial charge is 0.370 e. The van der Waals surface area contributed by atoms with Gasteiger partial charge in [-0.25, -0.2) is 14.3 Å². The number of hydrogen-bond acceptors (Lipinski definition) is 5. The lowest BCUT2D eigenvalue weighted by molar-refractivity contribution is -0.0557. The first-order valence-electron chi connectivity index (χ1n) is 9.08. The zero-order chi connectivity index (χ0) is 19.0. The van der Waals surface area contributed by atoms with Gasteiger partial charge >= 0.3 is 11.4 Å². The van der Waals surface area contributed by atoms with Gasteiger partial charge in [0.2, 0.25) is 0 Å². The van der Waals surface area contributed by atoms with Gasteiger partial charge in [-0.3, -0.25) is 0 Å². The highest BCUT2D eigenvalue weighted by Crippen LogP contribution is 2.64. The number of aromatic nitrogens is 3. The summed E-state index contributed by atoms with van der Waals surface area (Å²) in [6.07, 6.45) is 0.845. The Bertz CT molecular complexity index is 1250. The standard InChI is InChI=1S/C20H16N4O4/c1-27-12-8-6-11(7-9-12)10-21-22-19(25)23-16-15-13-4-2-3-5-14(13)17(16)28-18(15)24(23)20(22)26/h2-10,15-18H,1H3/b21-10-/t15-,16+,17-,18-/m0/s1. The lowest BCUT2D eigenvalue weighted by Crippen LogP contribution is -2.32. The van der Waals surface area contributed by atoms with Crippen LogP contribution in [0.4, 0.5) is 0 Å². The minimum atomic E-state index is -0.481. The number of ether oxygens (including phenoxy) is 2. The molecule has 2 aromatic carbocycles. The van der Waals surface area contributed by atoms with Gasteiger partial charge in [0, 0.05) is 0 Å². The summed E-state index contributed by atoms with van der Waals surface area (Å²) in [6, 6.07) is 15.0. The lowest BCUT2D eigenvalue weighted by Gasteiger charge is -2.26. The van der Waals surface area contributed by atoms with Crippen LogP contribution >= 0.6 is 0 Å². The van der Waals surface area contributed by atoms with E-state index in [2.05, 4.69) is 11.2 Å². The highest BCUT2D eigenvalue weighted by molar-refractivity contribution is 5.79. The van der Waals surface area contributed by atoms with E-state index in [1.165, 1.54) is 15.6 Å². The van der Waals surface area contributed by atoms with Gasteiger partial charge in [0.1, 0.15) is 11.9 Å². The van der Waals surface area contributed by atoms with Crippen molar-refractivity contribution in [3.63, 3.8) is 0 Å². The molecule has 4 bridgehead atoms. The topological polar surface area (TPSA) is 79.8 Å². The molecule has 1 aliphatic carbocycles. The Labute approximate surface area is 158 Å². The first-order valence-corrected chi connectivity index (χ1v) is 9.08. The molecule has 2 aliphatic heterocycles. The molecule has 0 spiro atoms. The second kappa shape index (κ2) is 5.32. The van der Waals surface area contributed by atoms with Gasteiger partial charge in [-0.15, -0.1) is 4.68 Å². The first-order chi connectivity index (χ1) is 13.7. The molecule has 3 aromatic rings. The molecule has 3 aliphatic rings. The summed E-state index contributed by atoms with van der Waals surface area (Å²) >= 11 is 0. The Balaban J connectivity index is 1.41. The quantitative estimate of drug-likeness (QED) is 0.651. The maximum absolute atomic E-state index is 13.0. The summed E-state index contributed by atoms with van der Waals surface area (Å²) < 4.78 is 15.0. The third kappa shape index (κ3) is 1.80. The molecule has 1 saturated heterocycles. The Hall–Kier alpha value is -3.39. The van der Waals surface area contributed by atoms with Crippen molar-refractivity contribution in [3.05, 3.63) is 86.2 Å². The molecule has 0 saturated carbocycles. The van der Waals surface area contributed by atoms with Crippen LogP contribution in [0.25, 0.3) is 0 Å². The zero-order valence-electron chi connectivity index (χ0n) is 14.9. The molecule has 0 amide bonds. The summed E-state index contributed by atoms with van der Waals surface area (Å²) in [5, 5.41) is 4.14. The predicted molar refractivity (Wildman–Crippen MR) is 100 cm³/mol. The van der Waals surface area contributed by atoms with Crippen molar-refractivity contribution in [2.75, 3.05) is 7.11 Å². The van der Waals surface area contributed by atoms with E-state index in [4.69, 9.17) is 9.47 Å². The second-order valence-corrected chi connectivity index (χ2v) is 7.18. The van der Waals surface area contributed by atoms with Crippen LogP contribution in [0.1, 0.15) is 41.0 Å². The molecule has 0 unspecified atom stereocenters. The summed E-state index contributed by atoms with van der Waals surface area (Å²) in [5.41, 5.74) is 2.11. The fraction of sp³-hybridized carbons (Fsp3) is 0.250. The number of nitrogens with zero attached hydrogens (tertiary/aromatic N) is 4. The summed E-state index contributed by atoms with van der Waals surface area (Å²) in [7, 11) is 1.59.